The molecule has 1 saturated heterocycles. The van der Waals surface area contributed by atoms with Gasteiger partial charge in [-0.3, -0.25) is 4.79 Å². The van der Waals surface area contributed by atoms with E-state index in [4.69, 9.17) is 4.74 Å². The van der Waals surface area contributed by atoms with Crippen LogP contribution in [0.3, 0.4) is 0 Å². The Hall–Kier alpha value is -1.39. The molecule has 0 unspecified atom stereocenters. The van der Waals surface area contributed by atoms with Crippen molar-refractivity contribution in [2.45, 2.75) is 18.9 Å². The highest BCUT2D eigenvalue weighted by molar-refractivity contribution is 6.00. The van der Waals surface area contributed by atoms with Gasteiger partial charge in [-0.15, -0.1) is 0 Å². The number of para-hydroxylation sites is 1. The van der Waals surface area contributed by atoms with Crippen LogP contribution >= 0.6 is 0 Å². The number of hydrogen-bond acceptors (Lipinski definition) is 4. The number of benzene rings is 1. The van der Waals surface area contributed by atoms with Crippen molar-refractivity contribution < 1.29 is 9.53 Å². The maximum Gasteiger partial charge on any atom is 0.180 e. The summed E-state index contributed by atoms with van der Waals surface area (Å²) in [7, 11) is 3.90. The van der Waals surface area contributed by atoms with Gasteiger partial charge in [0, 0.05) is 13.1 Å². The third-order valence-electron chi connectivity index (χ3n) is 3.48. The van der Waals surface area contributed by atoms with Crippen molar-refractivity contribution in [2.75, 3.05) is 33.7 Å². The lowest BCUT2D eigenvalue weighted by atomic mass is 10.1. The Bertz CT molecular complexity index is 426. The molecule has 1 aromatic rings. The minimum absolute atomic E-state index is 0.0750. The number of nitrogens with one attached hydrogen (secondary N) is 1. The van der Waals surface area contributed by atoms with Gasteiger partial charge in [0.2, 0.25) is 0 Å². The average Bonchev–Trinajstić information content (AvgIpc) is 2.42. The fourth-order valence-corrected chi connectivity index (χ4v) is 2.34. The number of hydrogen-bond donors (Lipinski definition) is 1. The Morgan fingerprint density at radius 1 is 1.37 bits per heavy atom. The topological polar surface area (TPSA) is 41.6 Å². The van der Waals surface area contributed by atoms with Crippen LogP contribution in [0.1, 0.15) is 23.2 Å². The number of nitrogens with zero attached hydrogens (tertiary/aromatic N) is 1. The van der Waals surface area contributed by atoms with E-state index in [-0.39, 0.29) is 11.9 Å². The number of carbonyl (C=O) groups excluding carboxylic acids is 1. The van der Waals surface area contributed by atoms with Crippen molar-refractivity contribution in [3.05, 3.63) is 29.8 Å². The highest BCUT2D eigenvalue weighted by Crippen LogP contribution is 2.23. The monoisotopic (exact) mass is 262 g/mol. The van der Waals surface area contributed by atoms with Gasteiger partial charge in [0.1, 0.15) is 11.9 Å². The molecule has 4 heteroatoms. The van der Waals surface area contributed by atoms with Gasteiger partial charge in [0.15, 0.2) is 5.78 Å². The summed E-state index contributed by atoms with van der Waals surface area (Å²) < 4.78 is 6.03. The Balaban J connectivity index is 2.05. The first-order chi connectivity index (χ1) is 9.20. The summed E-state index contributed by atoms with van der Waals surface area (Å²) in [4.78, 5) is 14.3. The van der Waals surface area contributed by atoms with Crippen LogP contribution in [0.5, 0.6) is 5.75 Å². The van der Waals surface area contributed by atoms with Gasteiger partial charge in [-0.25, -0.2) is 0 Å². The predicted molar refractivity (Wildman–Crippen MR) is 75.8 cm³/mol. The van der Waals surface area contributed by atoms with E-state index in [1.165, 1.54) is 0 Å². The zero-order chi connectivity index (χ0) is 13.7. The van der Waals surface area contributed by atoms with Crippen LogP contribution in [0.25, 0.3) is 0 Å². The molecule has 0 spiro atoms. The van der Waals surface area contributed by atoms with Crippen LogP contribution in [0.4, 0.5) is 0 Å². The molecule has 19 heavy (non-hydrogen) atoms. The zero-order valence-electron chi connectivity index (χ0n) is 11.7. The van der Waals surface area contributed by atoms with E-state index in [1.807, 2.05) is 24.3 Å². The lowest BCUT2D eigenvalue weighted by Crippen LogP contribution is -2.36. The van der Waals surface area contributed by atoms with E-state index in [0.717, 1.165) is 31.7 Å². The molecular formula is C15H22N2O2. The second kappa shape index (κ2) is 6.68. The SMILES string of the molecule is CNCC(=O)c1ccccc1OC1CCN(C)CC1. The van der Waals surface area contributed by atoms with Gasteiger partial charge < -0.3 is 15.0 Å². The number of likely N-dealkylation sites (N-methyl/N-ethyl adjacent to an activating group) is 1. The molecule has 0 aromatic heterocycles. The molecule has 1 aliphatic heterocycles. The summed E-state index contributed by atoms with van der Waals surface area (Å²) in [6.07, 6.45) is 2.26. The van der Waals surface area contributed by atoms with Crippen LogP contribution < -0.4 is 10.1 Å². The van der Waals surface area contributed by atoms with Gasteiger partial charge in [-0.05, 0) is 39.1 Å². The molecule has 0 aliphatic carbocycles. The van der Waals surface area contributed by atoms with Crippen LogP contribution in [-0.4, -0.2) is 50.5 Å². The van der Waals surface area contributed by atoms with E-state index < -0.39 is 0 Å². The van der Waals surface area contributed by atoms with E-state index in [1.54, 1.807) is 7.05 Å². The van der Waals surface area contributed by atoms with Crippen LogP contribution in [-0.2, 0) is 0 Å². The molecule has 1 N–H and O–H groups in total. The standard InChI is InChI=1S/C15H22N2O2/c1-16-11-14(18)13-5-3-4-6-15(13)19-12-7-9-17(2)10-8-12/h3-6,12,16H,7-11H2,1-2H3. The molecule has 2 rings (SSSR count). The van der Waals surface area contributed by atoms with Gasteiger partial charge in [-0.1, -0.05) is 12.1 Å². The highest BCUT2D eigenvalue weighted by Gasteiger charge is 2.20. The summed E-state index contributed by atoms with van der Waals surface area (Å²) in [5, 5.41) is 2.89. The predicted octanol–water partition coefficient (Wildman–Crippen LogP) is 1.56. The highest BCUT2D eigenvalue weighted by atomic mass is 16.5. The summed E-state index contributed by atoms with van der Waals surface area (Å²) in [6, 6.07) is 7.52. The molecule has 0 bridgehead atoms. The minimum Gasteiger partial charge on any atom is -0.490 e. The van der Waals surface area contributed by atoms with Crippen molar-refractivity contribution >= 4 is 5.78 Å². The third kappa shape index (κ3) is 3.78. The number of ketones is 1. The Morgan fingerprint density at radius 3 is 2.74 bits per heavy atom. The van der Waals surface area contributed by atoms with E-state index in [0.29, 0.717) is 12.1 Å². The number of likely N-dealkylation sites (tertiary alicyclic amines) is 1. The fraction of sp³-hybridized carbons (Fsp3) is 0.533. The molecule has 1 aromatic carbocycles. The number of Topliss-reactive ketones (excluding diaryl/α,β-unsaturated/α-hetero) is 1. The Kier molecular flexibility index (Phi) is 4.93. The van der Waals surface area contributed by atoms with Crippen molar-refractivity contribution in [1.29, 1.82) is 0 Å². The molecular weight excluding hydrogens is 240 g/mol. The second-order valence-electron chi connectivity index (χ2n) is 5.07. The average molecular weight is 262 g/mol. The first kappa shape index (κ1) is 14.0. The summed E-state index contributed by atoms with van der Waals surface area (Å²) in [6.45, 7) is 2.45. The molecule has 104 valence electrons. The fourth-order valence-electron chi connectivity index (χ4n) is 2.34. The number of ether oxygens (including phenoxy) is 1. The molecule has 4 nitrogen and oxygen atoms in total. The zero-order valence-corrected chi connectivity index (χ0v) is 11.7. The minimum atomic E-state index is 0.0750. The van der Waals surface area contributed by atoms with Gasteiger partial charge in [0.05, 0.1) is 12.1 Å². The van der Waals surface area contributed by atoms with E-state index >= 15 is 0 Å². The second-order valence-corrected chi connectivity index (χ2v) is 5.07. The summed E-state index contributed by atoms with van der Waals surface area (Å²) in [5.41, 5.74) is 0.677. The van der Waals surface area contributed by atoms with Crippen molar-refractivity contribution in [3.8, 4) is 5.75 Å². The van der Waals surface area contributed by atoms with E-state index in [2.05, 4.69) is 17.3 Å². The third-order valence-corrected chi connectivity index (χ3v) is 3.48. The van der Waals surface area contributed by atoms with Crippen molar-refractivity contribution in [1.82, 2.24) is 10.2 Å². The molecule has 1 aliphatic rings. The lowest BCUT2D eigenvalue weighted by molar-refractivity contribution is 0.0964. The molecule has 0 amide bonds. The molecule has 1 fully saturated rings. The first-order valence-corrected chi connectivity index (χ1v) is 6.82. The maximum absolute atomic E-state index is 12.0. The number of rotatable bonds is 5. The quantitative estimate of drug-likeness (QED) is 0.818. The Morgan fingerprint density at radius 2 is 2.05 bits per heavy atom. The van der Waals surface area contributed by atoms with Gasteiger partial charge >= 0.3 is 0 Å². The van der Waals surface area contributed by atoms with Gasteiger partial charge in [-0.2, -0.15) is 0 Å². The molecule has 0 radical (unpaired) electrons. The first-order valence-electron chi connectivity index (χ1n) is 6.82. The van der Waals surface area contributed by atoms with E-state index in [9.17, 15) is 4.79 Å². The van der Waals surface area contributed by atoms with Crippen LogP contribution in [0, 0.1) is 0 Å². The molecule has 0 saturated carbocycles. The largest absolute Gasteiger partial charge is 0.490 e. The summed E-state index contributed by atoms with van der Waals surface area (Å²) in [5.74, 6) is 0.795. The van der Waals surface area contributed by atoms with Crippen molar-refractivity contribution in [2.24, 2.45) is 0 Å². The van der Waals surface area contributed by atoms with Gasteiger partial charge in [0.25, 0.3) is 0 Å². The normalized spacial score (nSPS) is 17.4. The number of carbonyl (C=O) groups is 1. The lowest BCUT2D eigenvalue weighted by Gasteiger charge is -2.29. The maximum atomic E-state index is 12.0. The van der Waals surface area contributed by atoms with Crippen LogP contribution in [0.2, 0.25) is 0 Å². The van der Waals surface area contributed by atoms with Crippen LogP contribution in [0.15, 0.2) is 24.3 Å². The molecule has 1 heterocycles. The smallest absolute Gasteiger partial charge is 0.180 e. The molecule has 0 atom stereocenters. The number of piperidine rings is 1. The Labute approximate surface area is 114 Å². The van der Waals surface area contributed by atoms with Crippen molar-refractivity contribution in [3.63, 3.8) is 0 Å². The summed E-state index contributed by atoms with van der Waals surface area (Å²) >= 11 is 0.